The minimum atomic E-state index is -2.89. The van der Waals surface area contributed by atoms with Gasteiger partial charge in [-0.05, 0) is 93.0 Å². The molecule has 2 heterocycles. The van der Waals surface area contributed by atoms with Gasteiger partial charge in [0.1, 0.15) is 21.5 Å². The van der Waals surface area contributed by atoms with Crippen LogP contribution in [0.1, 0.15) is 59.8 Å². The summed E-state index contributed by atoms with van der Waals surface area (Å²) >= 11 is 0. The predicted molar refractivity (Wildman–Crippen MR) is 127 cm³/mol. The van der Waals surface area contributed by atoms with E-state index in [9.17, 15) is 8.42 Å². The van der Waals surface area contributed by atoms with Crippen molar-refractivity contribution in [1.29, 1.82) is 0 Å². The van der Waals surface area contributed by atoms with Gasteiger partial charge in [0.05, 0.1) is 23.1 Å². The van der Waals surface area contributed by atoms with Crippen molar-refractivity contribution in [1.82, 2.24) is 9.97 Å². The van der Waals surface area contributed by atoms with E-state index in [1.807, 2.05) is 26.0 Å². The lowest BCUT2D eigenvalue weighted by Crippen LogP contribution is -2.22. The minimum Gasteiger partial charge on any atom is -0.399 e. The highest BCUT2D eigenvalue weighted by Gasteiger charge is 2.26. The lowest BCUT2D eigenvalue weighted by molar-refractivity contribution is 0.549. The molecule has 164 valence electrons. The third kappa shape index (κ3) is 4.66. The van der Waals surface area contributed by atoms with Gasteiger partial charge in [-0.25, -0.2) is 18.4 Å². The first-order chi connectivity index (χ1) is 14.6. The summed E-state index contributed by atoms with van der Waals surface area (Å²) in [6, 6.07) is 10.3. The number of aromatic nitrogens is 2. The van der Waals surface area contributed by atoms with E-state index in [0.717, 1.165) is 39.1 Å². The highest BCUT2D eigenvalue weighted by atomic mass is 32.2. The van der Waals surface area contributed by atoms with Gasteiger partial charge in [-0.15, -0.1) is 0 Å². The SMILES string of the molecule is Cc1cc(N)cc([C@H](C)Nc2nc(C)nc3cc(C)c(C4CCS(=O)(=O)CC4)cc23)c1. The zero-order valence-corrected chi connectivity index (χ0v) is 19.4. The molecule has 31 heavy (non-hydrogen) atoms. The van der Waals surface area contributed by atoms with E-state index in [4.69, 9.17) is 10.7 Å². The van der Waals surface area contributed by atoms with Crippen LogP contribution in [0.5, 0.6) is 0 Å². The zero-order valence-electron chi connectivity index (χ0n) is 18.6. The van der Waals surface area contributed by atoms with Crippen LogP contribution in [-0.2, 0) is 9.84 Å². The molecule has 4 rings (SSSR count). The second-order valence-electron chi connectivity index (χ2n) is 8.81. The van der Waals surface area contributed by atoms with Gasteiger partial charge in [0, 0.05) is 11.1 Å². The Hall–Kier alpha value is -2.67. The molecule has 0 saturated carbocycles. The van der Waals surface area contributed by atoms with Crippen molar-refractivity contribution in [3.05, 3.63) is 58.4 Å². The van der Waals surface area contributed by atoms with Gasteiger partial charge in [0.15, 0.2) is 0 Å². The third-order valence-electron chi connectivity index (χ3n) is 6.17. The largest absolute Gasteiger partial charge is 0.399 e. The van der Waals surface area contributed by atoms with Crippen LogP contribution in [0.2, 0.25) is 0 Å². The van der Waals surface area contributed by atoms with Gasteiger partial charge in [-0.2, -0.15) is 0 Å². The summed E-state index contributed by atoms with van der Waals surface area (Å²) in [7, 11) is -2.89. The monoisotopic (exact) mass is 438 g/mol. The van der Waals surface area contributed by atoms with Crippen molar-refractivity contribution in [2.45, 2.75) is 52.5 Å². The Bertz CT molecular complexity index is 1220. The summed E-state index contributed by atoms with van der Waals surface area (Å²) in [6.45, 7) is 8.12. The fraction of sp³-hybridized carbons (Fsp3) is 0.417. The molecule has 0 radical (unpaired) electrons. The summed E-state index contributed by atoms with van der Waals surface area (Å²) in [5, 5.41) is 4.52. The lowest BCUT2D eigenvalue weighted by atomic mass is 9.89. The Kier molecular flexibility index (Phi) is 5.64. The van der Waals surface area contributed by atoms with E-state index < -0.39 is 9.84 Å². The van der Waals surface area contributed by atoms with Crippen LogP contribution in [0.4, 0.5) is 11.5 Å². The number of nitrogens with one attached hydrogen (secondary N) is 1. The molecule has 1 saturated heterocycles. The zero-order chi connectivity index (χ0) is 22.3. The molecule has 0 spiro atoms. The second-order valence-corrected chi connectivity index (χ2v) is 11.1. The Morgan fingerprint density at radius 2 is 1.74 bits per heavy atom. The first-order valence-corrected chi connectivity index (χ1v) is 12.6. The molecule has 1 fully saturated rings. The van der Waals surface area contributed by atoms with Crippen LogP contribution >= 0.6 is 0 Å². The van der Waals surface area contributed by atoms with Crippen LogP contribution in [0.25, 0.3) is 10.9 Å². The first kappa shape index (κ1) is 21.6. The van der Waals surface area contributed by atoms with Gasteiger partial charge in [-0.1, -0.05) is 6.07 Å². The van der Waals surface area contributed by atoms with Crippen molar-refractivity contribution in [2.24, 2.45) is 0 Å². The summed E-state index contributed by atoms with van der Waals surface area (Å²) < 4.78 is 23.8. The summed E-state index contributed by atoms with van der Waals surface area (Å²) in [5.74, 6) is 2.27. The molecule has 2 aromatic carbocycles. The Balaban J connectivity index is 1.72. The average Bonchev–Trinajstić information content (AvgIpc) is 2.67. The number of hydrogen-bond donors (Lipinski definition) is 2. The second kappa shape index (κ2) is 8.11. The van der Waals surface area contributed by atoms with Gasteiger partial charge in [-0.3, -0.25) is 0 Å². The smallest absolute Gasteiger partial charge is 0.150 e. The van der Waals surface area contributed by atoms with Gasteiger partial charge < -0.3 is 11.1 Å². The number of anilines is 2. The highest BCUT2D eigenvalue weighted by Crippen LogP contribution is 2.35. The molecule has 0 aliphatic carbocycles. The topological polar surface area (TPSA) is 98.0 Å². The molecule has 7 heteroatoms. The van der Waals surface area contributed by atoms with E-state index in [2.05, 4.69) is 42.3 Å². The van der Waals surface area contributed by atoms with Crippen molar-refractivity contribution in [3.63, 3.8) is 0 Å². The molecule has 1 atom stereocenters. The normalized spacial score (nSPS) is 17.5. The molecule has 1 aliphatic heterocycles. The quantitative estimate of drug-likeness (QED) is 0.578. The van der Waals surface area contributed by atoms with E-state index in [-0.39, 0.29) is 23.5 Å². The summed E-state index contributed by atoms with van der Waals surface area (Å²) in [5.41, 5.74) is 12.3. The molecule has 0 bridgehead atoms. The first-order valence-electron chi connectivity index (χ1n) is 10.7. The maximum Gasteiger partial charge on any atom is 0.150 e. The Morgan fingerprint density at radius 1 is 1.03 bits per heavy atom. The van der Waals surface area contributed by atoms with Gasteiger partial charge >= 0.3 is 0 Å². The molecule has 0 unspecified atom stereocenters. The van der Waals surface area contributed by atoms with E-state index in [0.29, 0.717) is 18.7 Å². The predicted octanol–water partition coefficient (Wildman–Crippen LogP) is 4.60. The molecular weight excluding hydrogens is 408 g/mol. The summed E-state index contributed by atoms with van der Waals surface area (Å²) in [6.07, 6.45) is 1.34. The molecule has 0 amide bonds. The van der Waals surface area contributed by atoms with Crippen molar-refractivity contribution < 1.29 is 8.42 Å². The van der Waals surface area contributed by atoms with Crippen LogP contribution in [0, 0.1) is 20.8 Å². The van der Waals surface area contributed by atoms with E-state index in [1.54, 1.807) is 0 Å². The number of fused-ring (bicyclic) bond motifs is 1. The number of rotatable bonds is 4. The number of hydrogen-bond acceptors (Lipinski definition) is 6. The number of nitrogen functional groups attached to an aromatic ring is 1. The standard InChI is InChI=1S/C24H30N4O2S/c1-14-9-19(12-20(25)10-14)16(3)26-24-22-13-21(18-5-7-31(29,30)8-6-18)15(2)11-23(22)27-17(4)28-24/h9-13,16,18H,5-8,25H2,1-4H3,(H,26,27,28)/t16-/m0/s1. The third-order valence-corrected chi connectivity index (χ3v) is 7.88. The molecule has 6 nitrogen and oxygen atoms in total. The lowest BCUT2D eigenvalue weighted by Gasteiger charge is -2.25. The molecule has 3 aromatic rings. The van der Waals surface area contributed by atoms with Crippen LogP contribution in [0.3, 0.4) is 0 Å². The van der Waals surface area contributed by atoms with Gasteiger partial charge in [0.2, 0.25) is 0 Å². The van der Waals surface area contributed by atoms with Crippen LogP contribution < -0.4 is 11.1 Å². The Labute approximate surface area is 184 Å². The Morgan fingerprint density at radius 3 is 2.42 bits per heavy atom. The molecule has 1 aromatic heterocycles. The fourth-order valence-electron chi connectivity index (χ4n) is 4.55. The highest BCUT2D eigenvalue weighted by molar-refractivity contribution is 7.91. The fourth-order valence-corrected chi connectivity index (χ4v) is 6.04. The van der Waals surface area contributed by atoms with E-state index in [1.165, 1.54) is 5.56 Å². The van der Waals surface area contributed by atoms with E-state index >= 15 is 0 Å². The van der Waals surface area contributed by atoms with Crippen molar-refractivity contribution >= 4 is 32.2 Å². The van der Waals surface area contributed by atoms with Crippen molar-refractivity contribution in [3.8, 4) is 0 Å². The summed E-state index contributed by atoms with van der Waals surface area (Å²) in [4.78, 5) is 9.35. The maximum atomic E-state index is 11.9. The number of nitrogens with two attached hydrogens (primary N) is 1. The number of benzene rings is 2. The van der Waals surface area contributed by atoms with Gasteiger partial charge in [0.25, 0.3) is 0 Å². The van der Waals surface area contributed by atoms with Crippen LogP contribution in [-0.4, -0.2) is 29.9 Å². The molecular formula is C24H30N4O2S. The molecule has 1 aliphatic rings. The molecule has 3 N–H and O–H groups in total. The average molecular weight is 439 g/mol. The minimum absolute atomic E-state index is 0.0178. The maximum absolute atomic E-state index is 11.9. The van der Waals surface area contributed by atoms with Crippen LogP contribution in [0.15, 0.2) is 30.3 Å². The number of nitrogens with zero attached hydrogens (tertiary/aromatic N) is 2. The van der Waals surface area contributed by atoms with Crippen molar-refractivity contribution in [2.75, 3.05) is 22.6 Å². The number of aryl methyl sites for hydroxylation is 3. The number of sulfone groups is 1.